The molecule has 0 spiro atoms. The molecule has 0 bridgehead atoms. The van der Waals surface area contributed by atoms with Crippen molar-refractivity contribution in [3.8, 4) is 0 Å². The van der Waals surface area contributed by atoms with Crippen LogP contribution in [0.3, 0.4) is 0 Å². The van der Waals surface area contributed by atoms with E-state index in [9.17, 15) is 9.00 Å². The number of rotatable bonds is 5. The van der Waals surface area contributed by atoms with Gasteiger partial charge in [0.05, 0.1) is 0 Å². The Morgan fingerprint density at radius 3 is 2.44 bits per heavy atom. The van der Waals surface area contributed by atoms with E-state index in [0.29, 0.717) is 6.42 Å². The molecule has 2 aliphatic carbocycles. The van der Waals surface area contributed by atoms with Crippen LogP contribution in [0.1, 0.15) is 54.9 Å². The SMILES string of the molecule is CC/C=C\CCS(N)(=O)=NC(=O)Nc1c2c(cc3c1CCC3)CCC2. The maximum absolute atomic E-state index is 12.4. The van der Waals surface area contributed by atoms with E-state index in [4.69, 9.17) is 5.14 Å². The van der Waals surface area contributed by atoms with Crippen molar-refractivity contribution in [3.63, 3.8) is 0 Å². The molecule has 3 rings (SSSR count). The first-order chi connectivity index (χ1) is 12.0. The molecule has 0 heterocycles. The zero-order valence-corrected chi connectivity index (χ0v) is 15.7. The highest BCUT2D eigenvalue weighted by Crippen LogP contribution is 2.38. The fraction of sp³-hybridized carbons (Fsp3) is 0.526. The van der Waals surface area contributed by atoms with Crippen LogP contribution in [0, 0.1) is 0 Å². The summed E-state index contributed by atoms with van der Waals surface area (Å²) in [5, 5.41) is 8.66. The first kappa shape index (κ1) is 18.1. The number of amides is 2. The molecule has 1 aromatic rings. The van der Waals surface area contributed by atoms with Crippen molar-refractivity contribution in [1.29, 1.82) is 0 Å². The number of carbonyl (C=O) groups is 1. The summed E-state index contributed by atoms with van der Waals surface area (Å²) in [6.07, 6.45) is 11.8. The fourth-order valence-electron chi connectivity index (χ4n) is 3.80. The Morgan fingerprint density at radius 2 is 1.84 bits per heavy atom. The van der Waals surface area contributed by atoms with Crippen molar-refractivity contribution in [1.82, 2.24) is 0 Å². The second-order valence-electron chi connectivity index (χ2n) is 6.82. The third kappa shape index (κ3) is 4.30. The van der Waals surface area contributed by atoms with Crippen LogP contribution in [-0.2, 0) is 35.6 Å². The number of allylic oxidation sites excluding steroid dienone is 2. The second-order valence-corrected chi connectivity index (χ2v) is 8.79. The number of fused-ring (bicyclic) bond motifs is 2. The molecule has 0 radical (unpaired) electrons. The normalized spacial score (nSPS) is 18.0. The maximum Gasteiger partial charge on any atom is 0.354 e. The first-order valence-corrected chi connectivity index (χ1v) is 10.9. The minimum atomic E-state index is -3.00. The van der Waals surface area contributed by atoms with Crippen molar-refractivity contribution in [2.75, 3.05) is 11.1 Å². The van der Waals surface area contributed by atoms with Gasteiger partial charge < -0.3 is 5.32 Å². The summed E-state index contributed by atoms with van der Waals surface area (Å²) in [6.45, 7) is 2.03. The molecular weight excluding hydrogens is 334 g/mol. The number of nitrogens with zero attached hydrogens (tertiary/aromatic N) is 1. The van der Waals surface area contributed by atoms with Crippen LogP contribution >= 0.6 is 0 Å². The van der Waals surface area contributed by atoms with Crippen LogP contribution in [0.4, 0.5) is 10.5 Å². The van der Waals surface area contributed by atoms with E-state index in [1.165, 1.54) is 22.3 Å². The van der Waals surface area contributed by atoms with E-state index in [1.807, 2.05) is 19.1 Å². The third-order valence-electron chi connectivity index (χ3n) is 4.92. The van der Waals surface area contributed by atoms with Gasteiger partial charge in [0.2, 0.25) is 0 Å². The minimum Gasteiger partial charge on any atom is -0.305 e. The number of urea groups is 1. The van der Waals surface area contributed by atoms with E-state index in [2.05, 4.69) is 15.7 Å². The summed E-state index contributed by atoms with van der Waals surface area (Å²) < 4.78 is 16.1. The number of nitrogens with two attached hydrogens (primary N) is 1. The van der Waals surface area contributed by atoms with Gasteiger partial charge in [-0.1, -0.05) is 25.1 Å². The highest BCUT2D eigenvalue weighted by molar-refractivity contribution is 7.91. The standard InChI is InChI=1S/C19H27N3O2S/c1-2-3-4-5-12-25(20,24)22-19(23)21-18-16-10-6-8-14(16)13-15-9-7-11-17(15)18/h3-4,13H,2,5-12H2,1H3,(H3,20,21,22,23,24)/b4-3-. The van der Waals surface area contributed by atoms with Gasteiger partial charge in [0.15, 0.2) is 0 Å². The van der Waals surface area contributed by atoms with Gasteiger partial charge in [0.25, 0.3) is 0 Å². The summed E-state index contributed by atoms with van der Waals surface area (Å²) in [4.78, 5) is 12.4. The molecule has 2 aliphatic rings. The summed E-state index contributed by atoms with van der Waals surface area (Å²) in [6, 6.07) is 1.73. The topological polar surface area (TPSA) is 84.6 Å². The molecule has 0 saturated heterocycles. The lowest BCUT2D eigenvalue weighted by atomic mass is 9.99. The predicted octanol–water partition coefficient (Wildman–Crippen LogP) is 3.89. The molecule has 0 saturated carbocycles. The molecule has 0 aliphatic heterocycles. The Labute approximate surface area is 150 Å². The van der Waals surface area contributed by atoms with Crippen molar-refractivity contribution in [3.05, 3.63) is 40.5 Å². The number of anilines is 1. The van der Waals surface area contributed by atoms with E-state index < -0.39 is 15.9 Å². The largest absolute Gasteiger partial charge is 0.354 e. The molecule has 136 valence electrons. The molecule has 1 atom stereocenters. The zero-order valence-electron chi connectivity index (χ0n) is 14.8. The lowest BCUT2D eigenvalue weighted by Gasteiger charge is -2.15. The lowest BCUT2D eigenvalue weighted by Crippen LogP contribution is -2.21. The molecule has 5 nitrogen and oxygen atoms in total. The highest BCUT2D eigenvalue weighted by atomic mass is 32.2. The number of hydrogen-bond acceptors (Lipinski definition) is 2. The van der Waals surface area contributed by atoms with Crippen LogP contribution in [-0.4, -0.2) is 16.0 Å². The maximum atomic E-state index is 12.4. The highest BCUT2D eigenvalue weighted by Gasteiger charge is 2.25. The average molecular weight is 362 g/mol. The van der Waals surface area contributed by atoms with Gasteiger partial charge in [-0.3, -0.25) is 0 Å². The number of nitrogens with one attached hydrogen (secondary N) is 1. The number of benzene rings is 1. The Morgan fingerprint density at radius 1 is 1.20 bits per heavy atom. The van der Waals surface area contributed by atoms with E-state index in [0.717, 1.165) is 50.6 Å². The van der Waals surface area contributed by atoms with E-state index >= 15 is 0 Å². The molecule has 6 heteroatoms. The van der Waals surface area contributed by atoms with Crippen molar-refractivity contribution in [2.45, 2.75) is 58.3 Å². The van der Waals surface area contributed by atoms with Crippen LogP contribution in [0.15, 0.2) is 22.6 Å². The summed E-state index contributed by atoms with van der Waals surface area (Å²) in [5.41, 5.74) is 6.07. The Kier molecular flexibility index (Phi) is 5.59. The second kappa shape index (κ2) is 7.70. The van der Waals surface area contributed by atoms with Crippen molar-refractivity contribution >= 4 is 21.6 Å². The zero-order chi connectivity index (χ0) is 17.9. The monoisotopic (exact) mass is 361 g/mol. The predicted molar refractivity (Wildman–Crippen MR) is 103 cm³/mol. The van der Waals surface area contributed by atoms with Crippen LogP contribution in [0.25, 0.3) is 0 Å². The van der Waals surface area contributed by atoms with Crippen LogP contribution in [0.2, 0.25) is 0 Å². The molecular formula is C19H27N3O2S. The molecule has 1 unspecified atom stereocenters. The quantitative estimate of drug-likeness (QED) is 0.780. The average Bonchev–Trinajstić information content (AvgIpc) is 3.19. The number of hydrogen-bond donors (Lipinski definition) is 2. The molecule has 25 heavy (non-hydrogen) atoms. The molecule has 3 N–H and O–H groups in total. The fourth-order valence-corrected chi connectivity index (χ4v) is 4.70. The molecule has 0 fully saturated rings. The van der Waals surface area contributed by atoms with Crippen LogP contribution in [0.5, 0.6) is 0 Å². The van der Waals surface area contributed by atoms with E-state index in [-0.39, 0.29) is 5.75 Å². The van der Waals surface area contributed by atoms with Gasteiger partial charge in [-0.2, -0.15) is 0 Å². The van der Waals surface area contributed by atoms with Gasteiger partial charge in [-0.15, -0.1) is 4.36 Å². The Hall–Kier alpha value is -1.66. The Bertz CT molecular complexity index is 788. The lowest BCUT2D eigenvalue weighted by molar-refractivity contribution is 0.260. The summed E-state index contributed by atoms with van der Waals surface area (Å²) >= 11 is 0. The summed E-state index contributed by atoms with van der Waals surface area (Å²) in [5.74, 6) is 0.196. The van der Waals surface area contributed by atoms with Gasteiger partial charge in [0.1, 0.15) is 9.92 Å². The first-order valence-electron chi connectivity index (χ1n) is 9.15. The smallest absolute Gasteiger partial charge is 0.305 e. The van der Waals surface area contributed by atoms with Gasteiger partial charge in [-0.05, 0) is 73.6 Å². The number of aryl methyl sites for hydroxylation is 2. The van der Waals surface area contributed by atoms with Crippen molar-refractivity contribution < 1.29 is 9.00 Å². The molecule has 2 amide bonds. The molecule has 1 aromatic carbocycles. The van der Waals surface area contributed by atoms with E-state index in [1.54, 1.807) is 0 Å². The van der Waals surface area contributed by atoms with Crippen LogP contribution < -0.4 is 10.5 Å². The minimum absolute atomic E-state index is 0.196. The van der Waals surface area contributed by atoms with Gasteiger partial charge >= 0.3 is 6.03 Å². The van der Waals surface area contributed by atoms with Gasteiger partial charge in [0, 0.05) is 11.4 Å². The summed E-state index contributed by atoms with van der Waals surface area (Å²) in [7, 11) is -3.00. The Balaban J connectivity index is 1.79. The third-order valence-corrected chi connectivity index (χ3v) is 6.22. The molecule has 0 aromatic heterocycles. The number of carbonyl (C=O) groups excluding carboxylic acids is 1. The van der Waals surface area contributed by atoms with Gasteiger partial charge in [-0.25, -0.2) is 14.1 Å². The van der Waals surface area contributed by atoms with Crippen molar-refractivity contribution in [2.24, 2.45) is 9.50 Å².